The zero-order valence-corrected chi connectivity index (χ0v) is 8.96. The predicted octanol–water partition coefficient (Wildman–Crippen LogP) is 0.460. The number of hydrogen-bond acceptors (Lipinski definition) is 2. The Kier molecular flexibility index (Phi) is 4.77. The standard InChI is InChI=1S/C9H21N3O/c1-5-7(13)6-11-8(10)12-9(2,3)4/h7,13H,5-6H2,1-4H3,(H3,10,11,12). The molecule has 0 aliphatic rings. The van der Waals surface area contributed by atoms with Crippen molar-refractivity contribution in [1.82, 2.24) is 5.32 Å². The third-order valence-electron chi connectivity index (χ3n) is 1.45. The van der Waals surface area contributed by atoms with E-state index in [9.17, 15) is 5.11 Å². The van der Waals surface area contributed by atoms with Gasteiger partial charge in [-0.25, -0.2) is 0 Å². The van der Waals surface area contributed by atoms with E-state index in [-0.39, 0.29) is 11.6 Å². The summed E-state index contributed by atoms with van der Waals surface area (Å²) < 4.78 is 0. The number of guanidine groups is 1. The van der Waals surface area contributed by atoms with E-state index in [1.807, 2.05) is 27.7 Å². The van der Waals surface area contributed by atoms with Gasteiger partial charge in [-0.1, -0.05) is 6.92 Å². The first-order valence-electron chi connectivity index (χ1n) is 4.61. The molecule has 0 aliphatic carbocycles. The zero-order valence-electron chi connectivity index (χ0n) is 8.96. The van der Waals surface area contributed by atoms with E-state index in [1.165, 1.54) is 0 Å². The monoisotopic (exact) mass is 187 g/mol. The second-order valence-corrected chi connectivity index (χ2v) is 4.16. The molecule has 0 fully saturated rings. The third-order valence-corrected chi connectivity index (χ3v) is 1.45. The van der Waals surface area contributed by atoms with Crippen molar-refractivity contribution < 1.29 is 5.11 Å². The molecule has 0 heterocycles. The van der Waals surface area contributed by atoms with Crippen LogP contribution in [0.2, 0.25) is 0 Å². The van der Waals surface area contributed by atoms with Crippen LogP contribution >= 0.6 is 0 Å². The minimum absolute atomic E-state index is 0.0786. The Morgan fingerprint density at radius 1 is 1.54 bits per heavy atom. The topological polar surface area (TPSA) is 70.6 Å². The maximum Gasteiger partial charge on any atom is 0.189 e. The Balaban J connectivity index is 3.89. The quantitative estimate of drug-likeness (QED) is 0.444. The average molecular weight is 187 g/mol. The number of aliphatic imine (C=N–C) groups is 1. The van der Waals surface area contributed by atoms with E-state index in [0.717, 1.165) is 0 Å². The van der Waals surface area contributed by atoms with Crippen LogP contribution in [0.3, 0.4) is 0 Å². The van der Waals surface area contributed by atoms with Gasteiger partial charge in [0.05, 0.1) is 12.6 Å². The van der Waals surface area contributed by atoms with Crippen molar-refractivity contribution in [3.8, 4) is 0 Å². The molecular weight excluding hydrogens is 166 g/mol. The summed E-state index contributed by atoms with van der Waals surface area (Å²) in [5.74, 6) is 0.389. The number of hydrogen-bond donors (Lipinski definition) is 3. The van der Waals surface area contributed by atoms with Crippen molar-refractivity contribution in [3.05, 3.63) is 0 Å². The maximum atomic E-state index is 9.21. The van der Waals surface area contributed by atoms with Gasteiger partial charge in [0.25, 0.3) is 0 Å². The van der Waals surface area contributed by atoms with Gasteiger partial charge in [0.15, 0.2) is 5.96 Å². The van der Waals surface area contributed by atoms with Crippen LogP contribution in [0.15, 0.2) is 4.99 Å². The van der Waals surface area contributed by atoms with Crippen LogP contribution in [0.1, 0.15) is 34.1 Å². The lowest BCUT2D eigenvalue weighted by Crippen LogP contribution is -2.45. The van der Waals surface area contributed by atoms with Crippen LogP contribution < -0.4 is 11.1 Å². The van der Waals surface area contributed by atoms with Gasteiger partial charge in [-0.3, -0.25) is 4.99 Å². The van der Waals surface area contributed by atoms with Gasteiger partial charge in [-0.05, 0) is 27.2 Å². The lowest BCUT2D eigenvalue weighted by Gasteiger charge is -2.21. The minimum atomic E-state index is -0.389. The molecule has 0 aromatic carbocycles. The highest BCUT2D eigenvalue weighted by molar-refractivity contribution is 5.78. The van der Waals surface area contributed by atoms with Crippen LogP contribution in [0.25, 0.3) is 0 Å². The molecule has 78 valence electrons. The molecule has 0 spiro atoms. The van der Waals surface area contributed by atoms with Gasteiger partial charge in [-0.2, -0.15) is 0 Å². The normalized spacial score (nSPS) is 15.6. The highest BCUT2D eigenvalue weighted by Crippen LogP contribution is 1.97. The first-order valence-corrected chi connectivity index (χ1v) is 4.61. The van der Waals surface area contributed by atoms with Crippen molar-refractivity contribution in [2.24, 2.45) is 10.7 Å². The molecule has 0 bridgehead atoms. The summed E-state index contributed by atoms with van der Waals surface area (Å²) in [5, 5.41) is 12.2. The molecule has 0 rings (SSSR count). The Morgan fingerprint density at radius 3 is 2.46 bits per heavy atom. The summed E-state index contributed by atoms with van der Waals surface area (Å²) in [6.45, 7) is 8.29. The molecule has 4 N–H and O–H groups in total. The van der Waals surface area contributed by atoms with Crippen LogP contribution in [-0.4, -0.2) is 29.3 Å². The van der Waals surface area contributed by atoms with E-state index in [2.05, 4.69) is 10.3 Å². The Bertz CT molecular complexity index is 172. The summed E-state index contributed by atoms with van der Waals surface area (Å²) in [6.07, 6.45) is 0.312. The molecule has 1 atom stereocenters. The lowest BCUT2D eigenvalue weighted by molar-refractivity contribution is 0.179. The largest absolute Gasteiger partial charge is 0.391 e. The summed E-state index contributed by atoms with van der Waals surface area (Å²) in [7, 11) is 0. The first-order chi connectivity index (χ1) is 5.85. The third kappa shape index (κ3) is 7.59. The fourth-order valence-corrected chi connectivity index (χ4v) is 0.757. The molecule has 0 aliphatic heterocycles. The molecule has 13 heavy (non-hydrogen) atoms. The highest BCUT2D eigenvalue weighted by atomic mass is 16.3. The van der Waals surface area contributed by atoms with Gasteiger partial charge in [0.2, 0.25) is 0 Å². The lowest BCUT2D eigenvalue weighted by atomic mass is 10.1. The van der Waals surface area contributed by atoms with Gasteiger partial charge >= 0.3 is 0 Å². The van der Waals surface area contributed by atoms with Crippen molar-refractivity contribution >= 4 is 5.96 Å². The number of nitrogens with two attached hydrogens (primary N) is 1. The smallest absolute Gasteiger partial charge is 0.189 e. The zero-order chi connectivity index (χ0) is 10.5. The van der Waals surface area contributed by atoms with E-state index >= 15 is 0 Å². The van der Waals surface area contributed by atoms with Crippen LogP contribution in [0.4, 0.5) is 0 Å². The fraction of sp³-hybridized carbons (Fsp3) is 0.889. The van der Waals surface area contributed by atoms with Gasteiger partial charge in [0.1, 0.15) is 0 Å². The van der Waals surface area contributed by atoms with Crippen molar-refractivity contribution in [3.63, 3.8) is 0 Å². The Hall–Kier alpha value is -0.770. The van der Waals surface area contributed by atoms with Gasteiger partial charge in [0, 0.05) is 5.54 Å². The number of nitrogens with one attached hydrogen (secondary N) is 1. The second kappa shape index (κ2) is 5.07. The molecule has 0 saturated heterocycles. The first kappa shape index (κ1) is 12.2. The molecular formula is C9H21N3O. The summed E-state index contributed by atoms with van der Waals surface area (Å²) >= 11 is 0. The van der Waals surface area contributed by atoms with Crippen LogP contribution in [-0.2, 0) is 0 Å². The molecule has 0 radical (unpaired) electrons. The van der Waals surface area contributed by atoms with Gasteiger partial charge in [-0.15, -0.1) is 0 Å². The summed E-state index contributed by atoms with van der Waals surface area (Å²) in [6, 6.07) is 0. The highest BCUT2D eigenvalue weighted by Gasteiger charge is 2.09. The number of aliphatic hydroxyl groups is 1. The van der Waals surface area contributed by atoms with Crippen LogP contribution in [0.5, 0.6) is 0 Å². The number of nitrogens with zero attached hydrogens (tertiary/aromatic N) is 1. The molecule has 4 heteroatoms. The van der Waals surface area contributed by atoms with E-state index in [4.69, 9.17) is 5.73 Å². The second-order valence-electron chi connectivity index (χ2n) is 4.16. The number of rotatable bonds is 3. The number of aliphatic hydroxyl groups excluding tert-OH is 1. The molecule has 1 unspecified atom stereocenters. The average Bonchev–Trinajstić information content (AvgIpc) is 1.97. The van der Waals surface area contributed by atoms with Crippen LogP contribution in [0, 0.1) is 0 Å². The van der Waals surface area contributed by atoms with Crippen molar-refractivity contribution in [1.29, 1.82) is 0 Å². The fourth-order valence-electron chi connectivity index (χ4n) is 0.757. The van der Waals surface area contributed by atoms with Gasteiger partial charge < -0.3 is 16.2 Å². The molecule has 0 aromatic rings. The van der Waals surface area contributed by atoms with Crippen molar-refractivity contribution in [2.75, 3.05) is 6.54 Å². The minimum Gasteiger partial charge on any atom is -0.391 e. The Labute approximate surface area is 80.2 Å². The maximum absolute atomic E-state index is 9.21. The van der Waals surface area contributed by atoms with Crippen molar-refractivity contribution in [2.45, 2.75) is 45.8 Å². The van der Waals surface area contributed by atoms with E-state index in [0.29, 0.717) is 18.9 Å². The Morgan fingerprint density at radius 2 is 2.08 bits per heavy atom. The molecule has 0 saturated carbocycles. The summed E-state index contributed by atoms with van der Waals surface area (Å²) in [5.41, 5.74) is 5.51. The summed E-state index contributed by atoms with van der Waals surface area (Å²) in [4.78, 5) is 4.01. The molecule has 0 aromatic heterocycles. The SMILES string of the molecule is CCC(O)CN=C(N)NC(C)(C)C. The molecule has 0 amide bonds. The van der Waals surface area contributed by atoms with E-state index in [1.54, 1.807) is 0 Å². The molecule has 4 nitrogen and oxygen atoms in total. The van der Waals surface area contributed by atoms with E-state index < -0.39 is 0 Å². The predicted molar refractivity (Wildman–Crippen MR) is 55.7 cm³/mol.